The molecule has 0 radical (unpaired) electrons. The summed E-state index contributed by atoms with van der Waals surface area (Å²) in [6.07, 6.45) is 1.71. The topological polar surface area (TPSA) is 87.0 Å². The number of benzene rings is 1. The van der Waals surface area contributed by atoms with Crippen LogP contribution < -0.4 is 11.5 Å². The summed E-state index contributed by atoms with van der Waals surface area (Å²) in [5.41, 5.74) is 12.8. The molecule has 84 valence electrons. The zero-order valence-corrected chi connectivity index (χ0v) is 8.89. The molecule has 4 N–H and O–H groups in total. The van der Waals surface area contributed by atoms with Crippen LogP contribution in [0, 0.1) is 0 Å². The molecule has 0 aliphatic heterocycles. The average molecular weight is 218 g/mol. The maximum Gasteiger partial charge on any atom is 0.220 e. The van der Waals surface area contributed by atoms with Crippen LogP contribution in [-0.4, -0.2) is 23.1 Å². The zero-order valence-electron chi connectivity index (χ0n) is 8.89. The lowest BCUT2D eigenvalue weighted by Gasteiger charge is -2.04. The van der Waals surface area contributed by atoms with Gasteiger partial charge in [0.2, 0.25) is 5.95 Å². The zero-order chi connectivity index (χ0) is 11.4. The molecule has 2 rings (SSSR count). The van der Waals surface area contributed by atoms with Crippen molar-refractivity contribution in [3.63, 3.8) is 0 Å². The van der Waals surface area contributed by atoms with Gasteiger partial charge in [0.1, 0.15) is 0 Å². The molecule has 5 heteroatoms. The highest BCUT2D eigenvalue weighted by atomic mass is 16.5. The number of nitrogen functional groups attached to an aromatic ring is 1. The van der Waals surface area contributed by atoms with Crippen molar-refractivity contribution in [1.82, 2.24) is 9.97 Å². The minimum atomic E-state index is 0.291. The van der Waals surface area contributed by atoms with E-state index in [-0.39, 0.29) is 0 Å². The lowest BCUT2D eigenvalue weighted by Crippen LogP contribution is -2.08. The summed E-state index contributed by atoms with van der Waals surface area (Å²) in [6, 6.07) is 5.87. The van der Waals surface area contributed by atoms with Crippen molar-refractivity contribution in [2.75, 3.05) is 18.9 Å². The average Bonchev–Trinajstić information content (AvgIpc) is 2.29. The number of ether oxygens (including phenoxy) is 1. The lowest BCUT2D eigenvalue weighted by atomic mass is 10.1. The summed E-state index contributed by atoms with van der Waals surface area (Å²) in [5, 5.41) is 0.961. The summed E-state index contributed by atoms with van der Waals surface area (Å²) in [5.74, 6) is 0.291. The number of hydrogen-bond acceptors (Lipinski definition) is 5. The summed E-state index contributed by atoms with van der Waals surface area (Å²) >= 11 is 0. The van der Waals surface area contributed by atoms with Gasteiger partial charge in [-0.05, 0) is 17.7 Å². The molecule has 0 fully saturated rings. The number of aromatic nitrogens is 2. The van der Waals surface area contributed by atoms with Crippen molar-refractivity contribution in [2.24, 2.45) is 5.73 Å². The third-order valence-electron chi connectivity index (χ3n) is 2.19. The van der Waals surface area contributed by atoms with Gasteiger partial charge in [-0.25, -0.2) is 9.97 Å². The van der Waals surface area contributed by atoms with E-state index in [4.69, 9.17) is 16.2 Å². The molecular formula is C11H14N4O. The highest BCUT2D eigenvalue weighted by Gasteiger charge is 1.99. The Morgan fingerprint density at radius 3 is 3.00 bits per heavy atom. The second-order valence-electron chi connectivity index (χ2n) is 3.46. The molecule has 0 aliphatic rings. The van der Waals surface area contributed by atoms with Crippen LogP contribution in [0.1, 0.15) is 5.56 Å². The Kier molecular flexibility index (Phi) is 3.28. The fourth-order valence-corrected chi connectivity index (χ4v) is 1.46. The largest absolute Gasteiger partial charge is 0.375 e. The molecule has 0 unspecified atom stereocenters. The molecule has 0 spiro atoms. The molecular weight excluding hydrogens is 204 g/mol. The highest BCUT2D eigenvalue weighted by Crippen LogP contribution is 2.14. The molecule has 0 atom stereocenters. The van der Waals surface area contributed by atoms with E-state index in [9.17, 15) is 0 Å². The van der Waals surface area contributed by atoms with Crippen molar-refractivity contribution in [3.05, 3.63) is 30.0 Å². The number of rotatable bonds is 4. The Hall–Kier alpha value is -1.72. The third kappa shape index (κ3) is 2.44. The maximum atomic E-state index is 5.50. The van der Waals surface area contributed by atoms with Crippen molar-refractivity contribution in [2.45, 2.75) is 6.61 Å². The predicted octanol–water partition coefficient (Wildman–Crippen LogP) is 0.687. The standard InChI is InChI=1S/C11H14N4O/c12-3-4-16-7-8-1-2-10-9(5-8)6-14-11(13)15-10/h1-2,5-6H,3-4,7,12H2,(H2,13,14,15). The third-order valence-corrected chi connectivity index (χ3v) is 2.19. The van der Waals surface area contributed by atoms with Gasteiger partial charge in [-0.15, -0.1) is 0 Å². The van der Waals surface area contributed by atoms with E-state index in [1.165, 1.54) is 0 Å². The minimum Gasteiger partial charge on any atom is -0.375 e. The van der Waals surface area contributed by atoms with Crippen LogP contribution in [0.3, 0.4) is 0 Å². The van der Waals surface area contributed by atoms with Gasteiger partial charge in [0.05, 0.1) is 18.7 Å². The monoisotopic (exact) mass is 218 g/mol. The molecule has 1 heterocycles. The highest BCUT2D eigenvalue weighted by molar-refractivity contribution is 5.79. The Morgan fingerprint density at radius 1 is 1.31 bits per heavy atom. The second-order valence-corrected chi connectivity index (χ2v) is 3.46. The maximum absolute atomic E-state index is 5.50. The van der Waals surface area contributed by atoms with Crippen LogP contribution in [0.15, 0.2) is 24.4 Å². The van der Waals surface area contributed by atoms with Gasteiger partial charge in [-0.2, -0.15) is 0 Å². The smallest absolute Gasteiger partial charge is 0.220 e. The molecule has 0 saturated carbocycles. The van der Waals surface area contributed by atoms with E-state index in [1.54, 1.807) is 6.20 Å². The van der Waals surface area contributed by atoms with Crippen LogP contribution in [0.4, 0.5) is 5.95 Å². The van der Waals surface area contributed by atoms with E-state index < -0.39 is 0 Å². The predicted molar refractivity (Wildman–Crippen MR) is 62.7 cm³/mol. The first-order valence-corrected chi connectivity index (χ1v) is 5.08. The van der Waals surface area contributed by atoms with E-state index in [0.717, 1.165) is 16.5 Å². The van der Waals surface area contributed by atoms with Gasteiger partial charge in [0.25, 0.3) is 0 Å². The molecule has 0 aliphatic carbocycles. The molecule has 16 heavy (non-hydrogen) atoms. The van der Waals surface area contributed by atoms with Gasteiger partial charge in [-0.3, -0.25) is 0 Å². The van der Waals surface area contributed by atoms with Crippen LogP contribution in [0.2, 0.25) is 0 Å². The fraction of sp³-hybridized carbons (Fsp3) is 0.273. The van der Waals surface area contributed by atoms with E-state index >= 15 is 0 Å². The molecule has 0 saturated heterocycles. The van der Waals surface area contributed by atoms with E-state index in [0.29, 0.717) is 25.7 Å². The Bertz CT molecular complexity index is 486. The molecule has 1 aromatic heterocycles. The quantitative estimate of drug-likeness (QED) is 0.737. The SMILES string of the molecule is NCCOCc1ccc2nc(N)ncc2c1. The lowest BCUT2D eigenvalue weighted by molar-refractivity contribution is 0.128. The van der Waals surface area contributed by atoms with Crippen LogP contribution in [-0.2, 0) is 11.3 Å². The van der Waals surface area contributed by atoms with Gasteiger partial charge in [0.15, 0.2) is 0 Å². The first kappa shape index (κ1) is 10.8. The van der Waals surface area contributed by atoms with Gasteiger partial charge < -0.3 is 16.2 Å². The first-order chi connectivity index (χ1) is 7.79. The first-order valence-electron chi connectivity index (χ1n) is 5.08. The van der Waals surface area contributed by atoms with Crippen molar-refractivity contribution >= 4 is 16.9 Å². The summed E-state index contributed by atoms with van der Waals surface area (Å²) < 4.78 is 5.35. The summed E-state index contributed by atoms with van der Waals surface area (Å²) in [4.78, 5) is 8.07. The Labute approximate surface area is 93.4 Å². The molecule has 0 bridgehead atoms. The molecule has 1 aromatic carbocycles. The number of hydrogen-bond donors (Lipinski definition) is 2. The molecule has 0 amide bonds. The van der Waals surface area contributed by atoms with Crippen LogP contribution >= 0.6 is 0 Å². The number of fused-ring (bicyclic) bond motifs is 1. The van der Waals surface area contributed by atoms with Crippen molar-refractivity contribution in [1.29, 1.82) is 0 Å². The normalized spacial score (nSPS) is 10.8. The Balaban J connectivity index is 2.20. The fourth-order valence-electron chi connectivity index (χ4n) is 1.46. The van der Waals surface area contributed by atoms with Gasteiger partial charge >= 0.3 is 0 Å². The van der Waals surface area contributed by atoms with Gasteiger partial charge in [-0.1, -0.05) is 6.07 Å². The summed E-state index contributed by atoms with van der Waals surface area (Å²) in [7, 11) is 0. The van der Waals surface area contributed by atoms with Crippen molar-refractivity contribution in [3.8, 4) is 0 Å². The van der Waals surface area contributed by atoms with E-state index in [1.807, 2.05) is 18.2 Å². The Morgan fingerprint density at radius 2 is 2.19 bits per heavy atom. The number of anilines is 1. The molecule has 2 aromatic rings. The van der Waals surface area contributed by atoms with Crippen LogP contribution in [0.25, 0.3) is 10.9 Å². The van der Waals surface area contributed by atoms with E-state index in [2.05, 4.69) is 9.97 Å². The van der Waals surface area contributed by atoms with Crippen molar-refractivity contribution < 1.29 is 4.74 Å². The number of nitrogens with two attached hydrogens (primary N) is 2. The van der Waals surface area contributed by atoms with Crippen LogP contribution in [0.5, 0.6) is 0 Å². The molecule has 5 nitrogen and oxygen atoms in total. The second kappa shape index (κ2) is 4.87. The van der Waals surface area contributed by atoms with Gasteiger partial charge in [0, 0.05) is 18.1 Å². The number of nitrogens with zero attached hydrogens (tertiary/aromatic N) is 2. The minimum absolute atomic E-state index is 0.291. The summed E-state index contributed by atoms with van der Waals surface area (Å²) in [6.45, 7) is 1.65.